The molecule has 1 aliphatic heterocycles. The maximum Gasteiger partial charge on any atom is 0.320 e. The number of carbonyl (C=O) groups excluding carboxylic acids is 2. The number of urea groups is 1. The summed E-state index contributed by atoms with van der Waals surface area (Å²) in [5, 5.41) is 0. The zero-order valence-electron chi connectivity index (χ0n) is 20.4. The first-order valence-corrected chi connectivity index (χ1v) is 11.7. The maximum absolute atomic E-state index is 13.5. The molecule has 0 atom stereocenters. The average molecular weight is 445 g/mol. The lowest BCUT2D eigenvalue weighted by molar-refractivity contribution is -0.126. The van der Waals surface area contributed by atoms with Crippen LogP contribution < -0.4 is 5.73 Å². The average Bonchev–Trinajstić information content (AvgIpc) is 3.00. The molecule has 1 aromatic rings. The van der Waals surface area contributed by atoms with E-state index >= 15 is 0 Å². The van der Waals surface area contributed by atoms with Crippen molar-refractivity contribution in [3.05, 3.63) is 35.9 Å². The van der Waals surface area contributed by atoms with Gasteiger partial charge in [-0.2, -0.15) is 0 Å². The Morgan fingerprint density at radius 1 is 1.16 bits per heavy atom. The Hall–Kier alpha value is -2.12. The Morgan fingerprint density at radius 3 is 2.31 bits per heavy atom. The van der Waals surface area contributed by atoms with E-state index in [2.05, 4.69) is 54.2 Å². The van der Waals surface area contributed by atoms with Crippen molar-refractivity contribution in [1.82, 2.24) is 14.7 Å². The SMILES string of the molecule is COCCCN1C(=O)N(CC(C)(C)C(N)=O)CC12CCC(c1ccccc1)(N(C)C)CC2. The number of carbonyl (C=O) groups is 2. The number of rotatable bonds is 9. The molecule has 3 amide bonds. The molecule has 0 bridgehead atoms. The van der Waals surface area contributed by atoms with Crippen LogP contribution in [0.3, 0.4) is 0 Å². The largest absolute Gasteiger partial charge is 0.385 e. The van der Waals surface area contributed by atoms with Gasteiger partial charge in [0.05, 0.1) is 11.0 Å². The van der Waals surface area contributed by atoms with E-state index in [0.29, 0.717) is 26.2 Å². The van der Waals surface area contributed by atoms with E-state index in [9.17, 15) is 9.59 Å². The van der Waals surface area contributed by atoms with Gasteiger partial charge in [0.25, 0.3) is 0 Å². The Balaban J connectivity index is 1.86. The van der Waals surface area contributed by atoms with Crippen LogP contribution in [0.5, 0.6) is 0 Å². The number of primary amides is 1. The number of ether oxygens (including phenoxy) is 1. The summed E-state index contributed by atoms with van der Waals surface area (Å²) >= 11 is 0. The van der Waals surface area contributed by atoms with Crippen LogP contribution in [0.2, 0.25) is 0 Å². The number of nitrogens with two attached hydrogens (primary N) is 1. The summed E-state index contributed by atoms with van der Waals surface area (Å²) < 4.78 is 5.25. The zero-order chi connectivity index (χ0) is 23.6. The molecule has 0 radical (unpaired) electrons. The van der Waals surface area contributed by atoms with Crippen molar-refractivity contribution in [1.29, 1.82) is 0 Å². The number of methoxy groups -OCH3 is 1. The van der Waals surface area contributed by atoms with Crippen molar-refractivity contribution in [3.8, 4) is 0 Å². The van der Waals surface area contributed by atoms with Crippen LogP contribution in [0.15, 0.2) is 30.3 Å². The van der Waals surface area contributed by atoms with Crippen LogP contribution in [-0.2, 0) is 15.1 Å². The quantitative estimate of drug-likeness (QED) is 0.594. The third kappa shape index (κ3) is 4.50. The fourth-order valence-corrected chi connectivity index (χ4v) is 5.56. The predicted molar refractivity (Wildman–Crippen MR) is 126 cm³/mol. The highest BCUT2D eigenvalue weighted by Gasteiger charge is 2.54. The molecule has 2 N–H and O–H groups in total. The highest BCUT2D eigenvalue weighted by atomic mass is 16.5. The lowest BCUT2D eigenvalue weighted by Crippen LogP contribution is -2.55. The van der Waals surface area contributed by atoms with E-state index < -0.39 is 5.41 Å². The van der Waals surface area contributed by atoms with Gasteiger partial charge in [0.2, 0.25) is 5.91 Å². The van der Waals surface area contributed by atoms with Gasteiger partial charge in [-0.15, -0.1) is 0 Å². The topological polar surface area (TPSA) is 79.1 Å². The highest BCUT2D eigenvalue weighted by Crippen LogP contribution is 2.49. The smallest absolute Gasteiger partial charge is 0.320 e. The Bertz CT molecular complexity index is 801. The normalized spacial score (nSPS) is 26.4. The Kier molecular flexibility index (Phi) is 7.20. The summed E-state index contributed by atoms with van der Waals surface area (Å²) in [5.74, 6) is -0.378. The third-order valence-corrected chi connectivity index (χ3v) is 7.72. The van der Waals surface area contributed by atoms with E-state index in [1.165, 1.54) is 5.56 Å². The van der Waals surface area contributed by atoms with Crippen molar-refractivity contribution in [2.75, 3.05) is 47.4 Å². The van der Waals surface area contributed by atoms with E-state index in [-0.39, 0.29) is 23.0 Å². The molecule has 3 rings (SSSR count). The van der Waals surface area contributed by atoms with E-state index in [4.69, 9.17) is 10.5 Å². The minimum atomic E-state index is -0.758. The molecule has 32 heavy (non-hydrogen) atoms. The molecule has 2 aliphatic rings. The molecule has 0 aromatic heterocycles. The Labute approximate surface area is 192 Å². The summed E-state index contributed by atoms with van der Waals surface area (Å²) in [7, 11) is 6.00. The molecule has 0 unspecified atom stereocenters. The van der Waals surface area contributed by atoms with Crippen LogP contribution in [-0.4, -0.2) is 79.6 Å². The summed E-state index contributed by atoms with van der Waals surface area (Å²) in [4.78, 5) is 31.7. The molecule has 1 aliphatic carbocycles. The van der Waals surface area contributed by atoms with E-state index in [1.807, 2.05) is 18.7 Å². The van der Waals surface area contributed by atoms with Crippen LogP contribution in [0.1, 0.15) is 51.5 Å². The molecule has 7 nitrogen and oxygen atoms in total. The second kappa shape index (κ2) is 9.40. The van der Waals surface area contributed by atoms with Gasteiger partial charge in [-0.05, 0) is 65.6 Å². The van der Waals surface area contributed by atoms with Gasteiger partial charge in [-0.1, -0.05) is 30.3 Å². The van der Waals surface area contributed by atoms with Gasteiger partial charge in [0.15, 0.2) is 0 Å². The molecule has 1 spiro atoms. The minimum Gasteiger partial charge on any atom is -0.385 e. The lowest BCUT2D eigenvalue weighted by Gasteiger charge is -2.51. The van der Waals surface area contributed by atoms with Gasteiger partial charge in [-0.3, -0.25) is 9.69 Å². The van der Waals surface area contributed by atoms with Gasteiger partial charge in [-0.25, -0.2) is 4.79 Å². The zero-order valence-corrected chi connectivity index (χ0v) is 20.4. The first kappa shape index (κ1) is 24.5. The minimum absolute atomic E-state index is 0.0208. The first-order chi connectivity index (χ1) is 15.1. The summed E-state index contributed by atoms with van der Waals surface area (Å²) in [5.41, 5.74) is 5.94. The molecule has 1 saturated heterocycles. The Morgan fingerprint density at radius 2 is 1.78 bits per heavy atom. The van der Waals surface area contributed by atoms with Crippen LogP contribution in [0, 0.1) is 5.41 Å². The van der Waals surface area contributed by atoms with Crippen molar-refractivity contribution in [3.63, 3.8) is 0 Å². The van der Waals surface area contributed by atoms with E-state index in [0.717, 1.165) is 32.1 Å². The lowest BCUT2D eigenvalue weighted by atomic mass is 9.68. The van der Waals surface area contributed by atoms with Crippen molar-refractivity contribution < 1.29 is 14.3 Å². The van der Waals surface area contributed by atoms with Crippen LogP contribution in [0.4, 0.5) is 4.79 Å². The van der Waals surface area contributed by atoms with Crippen molar-refractivity contribution in [2.45, 2.75) is 57.0 Å². The maximum atomic E-state index is 13.5. The van der Waals surface area contributed by atoms with Crippen molar-refractivity contribution >= 4 is 11.9 Å². The fourth-order valence-electron chi connectivity index (χ4n) is 5.56. The highest BCUT2D eigenvalue weighted by molar-refractivity contribution is 5.83. The molecular formula is C25H40N4O3. The number of amides is 3. The molecule has 7 heteroatoms. The standard InChI is InChI=1S/C25H40N4O3/c1-23(2,21(26)30)18-28-19-24(29(22(28)31)16-9-17-32-5)12-14-25(15-13-24,27(3)4)20-10-7-6-8-11-20/h6-8,10-11H,9,12-19H2,1-5H3,(H2,26,30). The number of hydrogen-bond donors (Lipinski definition) is 1. The summed E-state index contributed by atoms with van der Waals surface area (Å²) in [6.45, 7) is 5.92. The van der Waals surface area contributed by atoms with Gasteiger partial charge in [0, 0.05) is 38.9 Å². The van der Waals surface area contributed by atoms with Crippen molar-refractivity contribution in [2.24, 2.45) is 11.1 Å². The van der Waals surface area contributed by atoms with Gasteiger partial charge >= 0.3 is 6.03 Å². The summed E-state index contributed by atoms with van der Waals surface area (Å²) in [6, 6.07) is 10.7. The first-order valence-electron chi connectivity index (χ1n) is 11.7. The molecule has 1 saturated carbocycles. The summed E-state index contributed by atoms with van der Waals surface area (Å²) in [6.07, 6.45) is 4.60. The molecular weight excluding hydrogens is 404 g/mol. The fraction of sp³-hybridized carbons (Fsp3) is 0.680. The second-order valence-electron chi connectivity index (χ2n) is 10.4. The molecule has 2 fully saturated rings. The van der Waals surface area contributed by atoms with Crippen LogP contribution in [0.25, 0.3) is 0 Å². The monoisotopic (exact) mass is 444 g/mol. The van der Waals surface area contributed by atoms with E-state index in [1.54, 1.807) is 7.11 Å². The molecule has 1 heterocycles. The number of benzene rings is 1. The second-order valence-corrected chi connectivity index (χ2v) is 10.4. The molecule has 178 valence electrons. The number of hydrogen-bond acceptors (Lipinski definition) is 4. The predicted octanol–water partition coefficient (Wildman–Crippen LogP) is 3.04. The van der Waals surface area contributed by atoms with Gasteiger partial charge in [0.1, 0.15) is 0 Å². The third-order valence-electron chi connectivity index (χ3n) is 7.72. The van der Waals surface area contributed by atoms with Crippen LogP contribution >= 0.6 is 0 Å². The van der Waals surface area contributed by atoms with Gasteiger partial charge < -0.3 is 20.3 Å². The number of nitrogens with zero attached hydrogens (tertiary/aromatic N) is 3. The molecule has 1 aromatic carbocycles.